The molecular formula is C25H44O8. The molecule has 0 aliphatic heterocycles. The van der Waals surface area contributed by atoms with Crippen molar-refractivity contribution < 1.29 is 38.5 Å². The molecule has 0 aromatic carbocycles. The molecule has 0 amide bonds. The number of esters is 3. The topological polar surface area (TPSA) is 116 Å². The van der Waals surface area contributed by atoms with Gasteiger partial charge < -0.3 is 24.1 Å². The maximum Gasteiger partial charge on any atom is 0.339 e. The Morgan fingerprint density at radius 3 is 1.55 bits per heavy atom. The van der Waals surface area contributed by atoms with Gasteiger partial charge in [-0.15, -0.1) is 0 Å². The number of rotatable bonds is 20. The second kappa shape index (κ2) is 18.5. The Kier molecular flexibility index (Phi) is 17.4. The highest BCUT2D eigenvalue weighted by Gasteiger charge is 2.51. The fourth-order valence-electron chi connectivity index (χ4n) is 3.99. The van der Waals surface area contributed by atoms with Gasteiger partial charge in [0.15, 0.2) is 5.60 Å². The van der Waals surface area contributed by atoms with Crippen LogP contribution in [0.1, 0.15) is 103 Å². The summed E-state index contributed by atoms with van der Waals surface area (Å²) in [5, 5.41) is 10.9. The monoisotopic (exact) mass is 472 g/mol. The molecule has 0 aromatic rings. The van der Waals surface area contributed by atoms with E-state index in [4.69, 9.17) is 4.74 Å². The predicted molar refractivity (Wildman–Crippen MR) is 124 cm³/mol. The summed E-state index contributed by atoms with van der Waals surface area (Å²) in [7, 11) is 3.41. The van der Waals surface area contributed by atoms with Gasteiger partial charge in [-0.05, 0) is 19.8 Å². The Hall–Kier alpha value is -1.96. The Bertz CT molecular complexity index is 589. The fraction of sp³-hybridized carbons (Fsp3) is 0.840. The van der Waals surface area contributed by atoms with Crippen LogP contribution in [0.5, 0.6) is 0 Å². The molecular weight excluding hydrogens is 428 g/mol. The predicted octanol–water partition coefficient (Wildman–Crippen LogP) is 4.29. The molecule has 0 fully saturated rings. The van der Waals surface area contributed by atoms with Crippen molar-refractivity contribution in [2.45, 2.75) is 109 Å². The lowest BCUT2D eigenvalue weighted by molar-refractivity contribution is -0.183. The van der Waals surface area contributed by atoms with E-state index in [1.54, 1.807) is 6.92 Å². The third-order valence-corrected chi connectivity index (χ3v) is 6.01. The van der Waals surface area contributed by atoms with Crippen LogP contribution >= 0.6 is 0 Å². The van der Waals surface area contributed by atoms with E-state index in [-0.39, 0.29) is 12.2 Å². The van der Waals surface area contributed by atoms with Crippen LogP contribution in [0, 0.1) is 5.92 Å². The summed E-state index contributed by atoms with van der Waals surface area (Å²) in [6, 6.07) is 0. The first-order valence-corrected chi connectivity index (χ1v) is 12.2. The number of carbonyl (C=O) groups excluding carboxylic acids is 4. The number of unbranched alkanes of at least 4 members (excludes halogenated alkanes) is 11. The molecule has 1 N–H and O–H groups in total. The van der Waals surface area contributed by atoms with Gasteiger partial charge in [-0.3, -0.25) is 9.59 Å². The van der Waals surface area contributed by atoms with Crippen LogP contribution < -0.4 is 0 Å². The van der Waals surface area contributed by atoms with Gasteiger partial charge in [0.25, 0.3) is 0 Å². The first-order chi connectivity index (χ1) is 15.7. The highest BCUT2D eigenvalue weighted by Crippen LogP contribution is 2.30. The van der Waals surface area contributed by atoms with E-state index in [0.717, 1.165) is 52.7 Å². The molecule has 0 radical (unpaired) electrons. The van der Waals surface area contributed by atoms with Crippen molar-refractivity contribution in [2.24, 2.45) is 5.92 Å². The molecule has 0 rings (SSSR count). The SMILES string of the molecule is COC(=O)CC(O)(C(=O)OC)C(CCCCCCCCCCCCCCC(C)=O)C(=O)OC. The van der Waals surface area contributed by atoms with E-state index < -0.39 is 35.8 Å². The van der Waals surface area contributed by atoms with Crippen molar-refractivity contribution in [3.05, 3.63) is 0 Å². The lowest BCUT2D eigenvalue weighted by Crippen LogP contribution is -2.51. The molecule has 2 atom stereocenters. The minimum Gasteiger partial charge on any atom is -0.469 e. The fourth-order valence-corrected chi connectivity index (χ4v) is 3.99. The molecule has 192 valence electrons. The lowest BCUT2D eigenvalue weighted by Gasteiger charge is -2.31. The largest absolute Gasteiger partial charge is 0.469 e. The van der Waals surface area contributed by atoms with Crippen LogP contribution in [0.3, 0.4) is 0 Å². The van der Waals surface area contributed by atoms with Crippen molar-refractivity contribution in [3.63, 3.8) is 0 Å². The van der Waals surface area contributed by atoms with Gasteiger partial charge in [0, 0.05) is 6.42 Å². The van der Waals surface area contributed by atoms with Gasteiger partial charge in [0.1, 0.15) is 5.78 Å². The second-order valence-corrected chi connectivity index (χ2v) is 8.73. The Labute approximate surface area is 198 Å². The van der Waals surface area contributed by atoms with Crippen LogP contribution in [0.25, 0.3) is 0 Å². The average Bonchev–Trinajstić information content (AvgIpc) is 2.79. The van der Waals surface area contributed by atoms with Gasteiger partial charge >= 0.3 is 17.9 Å². The molecule has 0 bridgehead atoms. The number of ether oxygens (including phenoxy) is 3. The molecule has 0 aliphatic rings. The highest BCUT2D eigenvalue weighted by molar-refractivity contribution is 5.91. The Morgan fingerprint density at radius 1 is 0.697 bits per heavy atom. The minimum absolute atomic E-state index is 0.207. The summed E-state index contributed by atoms with van der Waals surface area (Å²) < 4.78 is 14.0. The van der Waals surface area contributed by atoms with Crippen molar-refractivity contribution in [2.75, 3.05) is 21.3 Å². The number of hydrogen-bond acceptors (Lipinski definition) is 8. The maximum atomic E-state index is 12.3. The van der Waals surface area contributed by atoms with Crippen LogP contribution in [-0.2, 0) is 33.4 Å². The van der Waals surface area contributed by atoms with E-state index in [9.17, 15) is 24.3 Å². The first kappa shape index (κ1) is 31.0. The molecule has 0 spiro atoms. The van der Waals surface area contributed by atoms with Crippen molar-refractivity contribution in [3.8, 4) is 0 Å². The summed E-state index contributed by atoms with van der Waals surface area (Å²) in [6.45, 7) is 1.64. The maximum absolute atomic E-state index is 12.3. The summed E-state index contributed by atoms with van der Waals surface area (Å²) in [4.78, 5) is 47.1. The Balaban J connectivity index is 4.22. The van der Waals surface area contributed by atoms with E-state index in [1.165, 1.54) is 39.2 Å². The van der Waals surface area contributed by atoms with E-state index >= 15 is 0 Å². The summed E-state index contributed by atoms with van der Waals surface area (Å²) in [5.74, 6) is -3.55. The number of hydrogen-bond donors (Lipinski definition) is 1. The highest BCUT2D eigenvalue weighted by atomic mass is 16.6. The van der Waals surface area contributed by atoms with E-state index in [2.05, 4.69) is 9.47 Å². The average molecular weight is 473 g/mol. The molecule has 2 unspecified atom stereocenters. The zero-order valence-electron chi connectivity index (χ0n) is 21.0. The van der Waals surface area contributed by atoms with Gasteiger partial charge in [-0.2, -0.15) is 0 Å². The number of ketones is 1. The van der Waals surface area contributed by atoms with Gasteiger partial charge in [0.2, 0.25) is 0 Å². The smallest absolute Gasteiger partial charge is 0.339 e. The van der Waals surface area contributed by atoms with E-state index in [0.29, 0.717) is 12.8 Å². The van der Waals surface area contributed by atoms with Gasteiger partial charge in [-0.25, -0.2) is 4.79 Å². The van der Waals surface area contributed by atoms with Crippen LogP contribution in [0.2, 0.25) is 0 Å². The van der Waals surface area contributed by atoms with Crippen molar-refractivity contribution in [1.82, 2.24) is 0 Å². The molecule has 0 heterocycles. The summed E-state index contributed by atoms with van der Waals surface area (Å²) in [5.41, 5.74) is -2.32. The van der Waals surface area contributed by atoms with Crippen molar-refractivity contribution >= 4 is 23.7 Å². The van der Waals surface area contributed by atoms with Gasteiger partial charge in [-0.1, -0.05) is 70.6 Å². The zero-order valence-corrected chi connectivity index (χ0v) is 21.0. The second-order valence-electron chi connectivity index (χ2n) is 8.73. The quantitative estimate of drug-likeness (QED) is 0.158. The third-order valence-electron chi connectivity index (χ3n) is 6.01. The number of Topliss-reactive ketones (excluding diaryl/α,β-unsaturated/α-hetero) is 1. The standard InChI is InChI=1S/C25H44O8/c1-20(26)17-15-13-11-9-7-5-6-8-10-12-14-16-18-21(23(28)32-3)25(30,24(29)33-4)19-22(27)31-2/h21,30H,5-19H2,1-4H3. The van der Waals surface area contributed by atoms with Crippen LogP contribution in [0.4, 0.5) is 0 Å². The number of methoxy groups -OCH3 is 3. The van der Waals surface area contributed by atoms with E-state index in [1.807, 2.05) is 0 Å². The third kappa shape index (κ3) is 13.4. The molecule has 0 aromatic heterocycles. The molecule has 0 aliphatic carbocycles. The van der Waals surface area contributed by atoms with Crippen LogP contribution in [0.15, 0.2) is 0 Å². The lowest BCUT2D eigenvalue weighted by atomic mass is 9.80. The first-order valence-electron chi connectivity index (χ1n) is 12.2. The number of aliphatic hydroxyl groups is 1. The van der Waals surface area contributed by atoms with Crippen molar-refractivity contribution in [1.29, 1.82) is 0 Å². The summed E-state index contributed by atoms with van der Waals surface area (Å²) in [6.07, 6.45) is 13.1. The molecule has 8 nitrogen and oxygen atoms in total. The number of carbonyl (C=O) groups is 4. The normalized spacial score (nSPS) is 13.6. The Morgan fingerprint density at radius 2 is 1.15 bits per heavy atom. The summed E-state index contributed by atoms with van der Waals surface area (Å²) >= 11 is 0. The molecule has 0 saturated heterocycles. The van der Waals surface area contributed by atoms with Crippen LogP contribution in [-0.4, -0.2) is 55.7 Å². The minimum atomic E-state index is -2.32. The van der Waals surface area contributed by atoms with Gasteiger partial charge in [0.05, 0.1) is 33.7 Å². The molecule has 0 saturated carbocycles. The molecule has 8 heteroatoms. The zero-order chi connectivity index (χ0) is 25.1. The molecule has 33 heavy (non-hydrogen) atoms.